The molecular weight excluding hydrogens is 328 g/mol. The first-order chi connectivity index (χ1) is 10.2. The monoisotopic (exact) mass is 348 g/mol. The van der Waals surface area contributed by atoms with Crippen LogP contribution in [0, 0.1) is 0 Å². The summed E-state index contributed by atoms with van der Waals surface area (Å²) < 4.78 is 6.12. The quantitative estimate of drug-likeness (QED) is 0.766. The van der Waals surface area contributed by atoms with E-state index in [-0.39, 0.29) is 0 Å². The first kappa shape index (κ1) is 16.0. The maximum atomic E-state index is 5.02. The molecule has 0 heterocycles. The van der Waals surface area contributed by atoms with Crippen LogP contribution in [0.2, 0.25) is 0 Å². The van der Waals surface area contributed by atoms with E-state index in [0.717, 1.165) is 29.9 Å². The average molecular weight is 349 g/mol. The molecule has 0 unspecified atom stereocenters. The number of ether oxygens (including phenoxy) is 1. The fourth-order valence-electron chi connectivity index (χ4n) is 2.13. The van der Waals surface area contributed by atoms with Crippen LogP contribution in [-0.2, 0) is 11.3 Å². The van der Waals surface area contributed by atoms with Crippen molar-refractivity contribution in [1.29, 1.82) is 0 Å². The number of para-hydroxylation sites is 1. The molecule has 4 heteroatoms. The van der Waals surface area contributed by atoms with Gasteiger partial charge in [0.1, 0.15) is 0 Å². The predicted octanol–water partition coefficient (Wildman–Crippen LogP) is 3.95. The molecule has 1 N–H and O–H groups in total. The van der Waals surface area contributed by atoms with Crippen LogP contribution in [-0.4, -0.2) is 27.3 Å². The number of nitrogens with one attached hydrogen (secondary N) is 1. The smallest absolute Gasteiger partial charge is 0.0587 e. The lowest BCUT2D eigenvalue weighted by Gasteiger charge is -2.21. The first-order valence-corrected chi connectivity index (χ1v) is 7.78. The number of methoxy groups -OCH3 is 1. The van der Waals surface area contributed by atoms with Gasteiger partial charge in [-0.15, -0.1) is 0 Å². The van der Waals surface area contributed by atoms with Crippen molar-refractivity contribution in [1.82, 2.24) is 5.32 Å². The zero-order chi connectivity index (χ0) is 15.1. The minimum atomic E-state index is 0.732. The second-order valence-corrected chi connectivity index (χ2v) is 5.70. The van der Waals surface area contributed by atoms with Crippen LogP contribution in [0.3, 0.4) is 0 Å². The molecule has 21 heavy (non-hydrogen) atoms. The minimum Gasteiger partial charge on any atom is -0.383 e. The Labute approximate surface area is 135 Å². The lowest BCUT2D eigenvalue weighted by molar-refractivity contribution is 0.199. The number of halogens is 1. The number of benzene rings is 2. The Morgan fingerprint density at radius 1 is 1.14 bits per heavy atom. The Morgan fingerprint density at radius 3 is 2.57 bits per heavy atom. The highest BCUT2D eigenvalue weighted by atomic mass is 79.9. The first-order valence-electron chi connectivity index (χ1n) is 6.99. The Bertz CT molecular complexity index is 560. The van der Waals surface area contributed by atoms with E-state index in [4.69, 9.17) is 4.74 Å². The Hall–Kier alpha value is -1.36. The third-order valence-electron chi connectivity index (χ3n) is 3.33. The molecule has 0 bridgehead atoms. The predicted molar refractivity (Wildman–Crippen MR) is 92.2 cm³/mol. The van der Waals surface area contributed by atoms with Gasteiger partial charge >= 0.3 is 0 Å². The van der Waals surface area contributed by atoms with Gasteiger partial charge < -0.3 is 15.0 Å². The molecular formula is C17H21BrN2O. The molecule has 3 nitrogen and oxygen atoms in total. The summed E-state index contributed by atoms with van der Waals surface area (Å²) in [4.78, 5) is 2.17. The van der Waals surface area contributed by atoms with Gasteiger partial charge in [-0.05, 0) is 45.8 Å². The summed E-state index contributed by atoms with van der Waals surface area (Å²) in [7, 11) is 3.79. The van der Waals surface area contributed by atoms with Crippen molar-refractivity contribution in [3.63, 3.8) is 0 Å². The number of hydrogen-bond acceptors (Lipinski definition) is 3. The molecule has 2 aromatic rings. The van der Waals surface area contributed by atoms with Gasteiger partial charge in [-0.2, -0.15) is 0 Å². The Morgan fingerprint density at radius 2 is 1.90 bits per heavy atom. The van der Waals surface area contributed by atoms with Gasteiger partial charge in [-0.25, -0.2) is 0 Å². The SMILES string of the molecule is COCCNCc1ccc(N(C)c2ccccc2)c(Br)c1. The molecule has 0 spiro atoms. The maximum absolute atomic E-state index is 5.02. The van der Waals surface area contributed by atoms with Gasteiger partial charge in [0.15, 0.2) is 0 Å². The Kier molecular flexibility index (Phi) is 6.23. The summed E-state index contributed by atoms with van der Waals surface area (Å²) in [6, 6.07) is 16.8. The normalized spacial score (nSPS) is 10.6. The van der Waals surface area contributed by atoms with Crippen LogP contribution in [0.5, 0.6) is 0 Å². The molecule has 2 rings (SSSR count). The molecule has 0 amide bonds. The van der Waals surface area contributed by atoms with Crippen molar-refractivity contribution in [3.8, 4) is 0 Å². The summed E-state index contributed by atoms with van der Waals surface area (Å²) in [6.45, 7) is 2.44. The van der Waals surface area contributed by atoms with Crippen LogP contribution >= 0.6 is 15.9 Å². The van der Waals surface area contributed by atoms with E-state index in [1.54, 1.807) is 7.11 Å². The van der Waals surface area contributed by atoms with Crippen molar-refractivity contribution in [2.45, 2.75) is 6.54 Å². The number of hydrogen-bond donors (Lipinski definition) is 1. The van der Waals surface area contributed by atoms with Crippen LogP contribution in [0.4, 0.5) is 11.4 Å². The summed E-state index contributed by atoms with van der Waals surface area (Å²) >= 11 is 3.67. The fraction of sp³-hybridized carbons (Fsp3) is 0.294. The van der Waals surface area contributed by atoms with E-state index in [1.165, 1.54) is 11.3 Å². The molecule has 0 saturated heterocycles. The highest BCUT2D eigenvalue weighted by molar-refractivity contribution is 9.10. The van der Waals surface area contributed by atoms with E-state index < -0.39 is 0 Å². The summed E-state index contributed by atoms with van der Waals surface area (Å²) in [5.41, 5.74) is 3.58. The maximum Gasteiger partial charge on any atom is 0.0587 e. The van der Waals surface area contributed by atoms with Crippen molar-refractivity contribution >= 4 is 27.3 Å². The highest BCUT2D eigenvalue weighted by Crippen LogP contribution is 2.31. The zero-order valence-corrected chi connectivity index (χ0v) is 14.1. The van der Waals surface area contributed by atoms with Crippen molar-refractivity contribution in [2.75, 3.05) is 32.2 Å². The average Bonchev–Trinajstić information content (AvgIpc) is 2.52. The number of rotatable bonds is 7. The van der Waals surface area contributed by atoms with E-state index in [1.807, 2.05) is 18.2 Å². The third-order valence-corrected chi connectivity index (χ3v) is 3.96. The highest BCUT2D eigenvalue weighted by Gasteiger charge is 2.08. The van der Waals surface area contributed by atoms with E-state index in [9.17, 15) is 0 Å². The molecule has 0 aliphatic rings. The standard InChI is InChI=1S/C17H21BrN2O/c1-20(15-6-4-3-5-7-15)17-9-8-14(12-16(17)18)13-19-10-11-21-2/h3-9,12,19H,10-11,13H2,1-2H3. The second-order valence-electron chi connectivity index (χ2n) is 4.85. The lowest BCUT2D eigenvalue weighted by atomic mass is 10.2. The molecule has 112 valence electrons. The summed E-state index contributed by atoms with van der Waals surface area (Å²) in [5, 5.41) is 3.35. The van der Waals surface area contributed by atoms with Gasteiger partial charge in [0.25, 0.3) is 0 Å². The fourth-order valence-corrected chi connectivity index (χ4v) is 2.82. The third kappa shape index (κ3) is 4.56. The van der Waals surface area contributed by atoms with Crippen molar-refractivity contribution in [2.24, 2.45) is 0 Å². The van der Waals surface area contributed by atoms with Gasteiger partial charge in [-0.1, -0.05) is 24.3 Å². The molecule has 0 aliphatic heterocycles. The van der Waals surface area contributed by atoms with Crippen LogP contribution in [0.25, 0.3) is 0 Å². The molecule has 2 aromatic carbocycles. The van der Waals surface area contributed by atoms with Gasteiger partial charge in [0, 0.05) is 37.4 Å². The Balaban J connectivity index is 2.05. The lowest BCUT2D eigenvalue weighted by Crippen LogP contribution is -2.18. The van der Waals surface area contributed by atoms with Gasteiger partial charge in [-0.3, -0.25) is 0 Å². The number of nitrogens with zero attached hydrogens (tertiary/aromatic N) is 1. The second kappa shape index (κ2) is 8.17. The summed E-state index contributed by atoms with van der Waals surface area (Å²) in [6.07, 6.45) is 0. The zero-order valence-electron chi connectivity index (χ0n) is 12.5. The molecule has 0 radical (unpaired) electrons. The van der Waals surface area contributed by atoms with Crippen LogP contribution < -0.4 is 10.2 Å². The van der Waals surface area contributed by atoms with Gasteiger partial charge in [0.2, 0.25) is 0 Å². The molecule has 0 aromatic heterocycles. The minimum absolute atomic E-state index is 0.732. The van der Waals surface area contributed by atoms with Crippen molar-refractivity contribution < 1.29 is 4.74 Å². The molecule has 0 fully saturated rings. The van der Waals surface area contributed by atoms with Gasteiger partial charge in [0.05, 0.1) is 12.3 Å². The summed E-state index contributed by atoms with van der Waals surface area (Å²) in [5.74, 6) is 0. The molecule has 0 atom stereocenters. The number of anilines is 2. The molecule has 0 saturated carbocycles. The van der Waals surface area contributed by atoms with Crippen molar-refractivity contribution in [3.05, 3.63) is 58.6 Å². The van der Waals surface area contributed by atoms with Crippen LogP contribution in [0.1, 0.15) is 5.56 Å². The molecule has 0 aliphatic carbocycles. The van der Waals surface area contributed by atoms with Crippen LogP contribution in [0.15, 0.2) is 53.0 Å². The topological polar surface area (TPSA) is 24.5 Å². The van der Waals surface area contributed by atoms with E-state index >= 15 is 0 Å². The van der Waals surface area contributed by atoms with E-state index in [2.05, 4.69) is 63.5 Å². The largest absolute Gasteiger partial charge is 0.383 e. The van der Waals surface area contributed by atoms with E-state index in [0.29, 0.717) is 0 Å².